The Balaban J connectivity index is 3.10. The first kappa shape index (κ1) is 11.9. The molecule has 0 aliphatic carbocycles. The Labute approximate surface area is 93.7 Å². The van der Waals surface area contributed by atoms with Crippen LogP contribution in [0.5, 0.6) is 0 Å². The molecule has 1 unspecified atom stereocenters. The second kappa shape index (κ2) is 5.08. The average Bonchev–Trinajstić information content (AvgIpc) is 2.26. The molecule has 0 saturated heterocycles. The van der Waals surface area contributed by atoms with Gasteiger partial charge in [-0.25, -0.2) is 9.79 Å². The number of carbonyl (C=O) groups excluding carboxylic acids is 1. The van der Waals surface area contributed by atoms with E-state index in [1.54, 1.807) is 13.2 Å². The third-order valence-corrected chi connectivity index (χ3v) is 2.67. The van der Waals surface area contributed by atoms with Crippen molar-refractivity contribution in [2.24, 2.45) is 4.99 Å². The molecular weight excluding hydrogens is 214 g/mol. The van der Waals surface area contributed by atoms with Crippen molar-refractivity contribution in [2.75, 3.05) is 13.7 Å². The number of methoxy groups -OCH3 is 1. The number of ether oxygens (including phenoxy) is 1. The highest BCUT2D eigenvalue weighted by Gasteiger charge is 2.28. The molecule has 0 amide bonds. The van der Waals surface area contributed by atoms with E-state index in [1.165, 1.54) is 6.08 Å². The molecule has 0 radical (unpaired) electrons. The first-order chi connectivity index (χ1) is 7.14. The number of benzene rings is 1. The minimum atomic E-state index is -0.685. The largest absolute Gasteiger partial charge is 0.372 e. The molecule has 1 aromatic rings. The normalized spacial score (nSPS) is 14.1. The Kier molecular flexibility index (Phi) is 4.04. The van der Waals surface area contributed by atoms with E-state index in [9.17, 15) is 4.79 Å². The number of aliphatic imine (C=N–C) groups is 1. The van der Waals surface area contributed by atoms with Gasteiger partial charge in [0.05, 0.1) is 6.54 Å². The monoisotopic (exact) mass is 225 g/mol. The average molecular weight is 226 g/mol. The maximum atomic E-state index is 10.1. The van der Waals surface area contributed by atoms with Crippen molar-refractivity contribution in [3.63, 3.8) is 0 Å². The summed E-state index contributed by atoms with van der Waals surface area (Å²) in [5, 5.41) is 0.600. The molecule has 0 spiro atoms. The first-order valence-electron chi connectivity index (χ1n) is 4.48. The lowest BCUT2D eigenvalue weighted by atomic mass is 9.96. The zero-order valence-electron chi connectivity index (χ0n) is 8.66. The van der Waals surface area contributed by atoms with Crippen LogP contribution in [0.2, 0.25) is 5.02 Å². The molecule has 0 N–H and O–H groups in total. The molecular formula is C11H12ClNO2. The van der Waals surface area contributed by atoms with Gasteiger partial charge in [-0.3, -0.25) is 0 Å². The van der Waals surface area contributed by atoms with Crippen molar-refractivity contribution in [2.45, 2.75) is 12.5 Å². The fourth-order valence-corrected chi connectivity index (χ4v) is 1.67. The van der Waals surface area contributed by atoms with Gasteiger partial charge in [0, 0.05) is 17.7 Å². The maximum Gasteiger partial charge on any atom is 0.235 e. The summed E-state index contributed by atoms with van der Waals surface area (Å²) in [7, 11) is 1.56. The van der Waals surface area contributed by atoms with Crippen molar-refractivity contribution in [1.29, 1.82) is 0 Å². The Hall–Kier alpha value is -1.15. The SMILES string of the molecule is COC(C)(CN=C=O)c1ccccc1Cl. The lowest BCUT2D eigenvalue weighted by Crippen LogP contribution is -2.28. The highest BCUT2D eigenvalue weighted by Crippen LogP contribution is 2.30. The molecule has 0 bridgehead atoms. The van der Waals surface area contributed by atoms with Gasteiger partial charge in [-0.1, -0.05) is 29.8 Å². The number of hydrogen-bond acceptors (Lipinski definition) is 3. The molecule has 1 atom stereocenters. The van der Waals surface area contributed by atoms with Crippen molar-refractivity contribution < 1.29 is 9.53 Å². The van der Waals surface area contributed by atoms with Crippen molar-refractivity contribution in [3.05, 3.63) is 34.9 Å². The zero-order valence-corrected chi connectivity index (χ0v) is 9.41. The van der Waals surface area contributed by atoms with E-state index < -0.39 is 5.60 Å². The van der Waals surface area contributed by atoms with Crippen LogP contribution in [-0.4, -0.2) is 19.7 Å². The highest BCUT2D eigenvalue weighted by molar-refractivity contribution is 6.31. The number of rotatable bonds is 4. The van der Waals surface area contributed by atoms with Gasteiger partial charge in [-0.15, -0.1) is 0 Å². The van der Waals surface area contributed by atoms with Gasteiger partial charge < -0.3 is 4.74 Å². The number of nitrogens with zero attached hydrogens (tertiary/aromatic N) is 1. The minimum Gasteiger partial charge on any atom is -0.372 e. The molecule has 0 aliphatic rings. The van der Waals surface area contributed by atoms with E-state index >= 15 is 0 Å². The molecule has 0 saturated carbocycles. The van der Waals surface area contributed by atoms with Crippen LogP contribution in [0.1, 0.15) is 12.5 Å². The van der Waals surface area contributed by atoms with E-state index in [2.05, 4.69) is 4.99 Å². The van der Waals surface area contributed by atoms with E-state index in [4.69, 9.17) is 16.3 Å². The quantitative estimate of drug-likeness (QED) is 0.584. The van der Waals surface area contributed by atoms with Crippen LogP contribution in [0.15, 0.2) is 29.3 Å². The molecule has 15 heavy (non-hydrogen) atoms. The second-order valence-corrected chi connectivity index (χ2v) is 3.73. The Morgan fingerprint density at radius 1 is 1.53 bits per heavy atom. The summed E-state index contributed by atoms with van der Waals surface area (Å²) in [6.07, 6.45) is 1.50. The zero-order chi connectivity index (χ0) is 11.3. The molecule has 0 aromatic heterocycles. The van der Waals surface area contributed by atoms with Gasteiger partial charge >= 0.3 is 0 Å². The maximum absolute atomic E-state index is 10.1. The van der Waals surface area contributed by atoms with Crippen LogP contribution < -0.4 is 0 Å². The summed E-state index contributed by atoms with van der Waals surface area (Å²) >= 11 is 6.05. The summed E-state index contributed by atoms with van der Waals surface area (Å²) in [5.41, 5.74) is 0.128. The predicted octanol–water partition coefficient (Wildman–Crippen LogP) is 2.54. The fourth-order valence-electron chi connectivity index (χ4n) is 1.33. The summed E-state index contributed by atoms with van der Waals surface area (Å²) < 4.78 is 5.35. The van der Waals surface area contributed by atoms with E-state index in [0.29, 0.717) is 5.02 Å². The number of halogens is 1. The predicted molar refractivity (Wildman–Crippen MR) is 58.8 cm³/mol. The standard InChI is InChI=1S/C11H12ClNO2/c1-11(15-2,7-13-8-14)9-5-3-4-6-10(9)12/h3-6H,7H2,1-2H3. The molecule has 1 rings (SSSR count). The van der Waals surface area contributed by atoms with Crippen LogP contribution in [0, 0.1) is 0 Å². The second-order valence-electron chi connectivity index (χ2n) is 3.32. The first-order valence-corrected chi connectivity index (χ1v) is 4.85. The molecule has 1 aromatic carbocycles. The fraction of sp³-hybridized carbons (Fsp3) is 0.364. The number of isocyanates is 1. The highest BCUT2D eigenvalue weighted by atomic mass is 35.5. The van der Waals surface area contributed by atoms with Gasteiger partial charge in [-0.05, 0) is 13.0 Å². The Bertz CT molecular complexity index is 388. The van der Waals surface area contributed by atoms with E-state index in [1.807, 2.05) is 25.1 Å². The van der Waals surface area contributed by atoms with Crippen LogP contribution in [0.3, 0.4) is 0 Å². The van der Waals surface area contributed by atoms with Crippen LogP contribution in [0.25, 0.3) is 0 Å². The summed E-state index contributed by atoms with van der Waals surface area (Å²) in [5.74, 6) is 0. The van der Waals surface area contributed by atoms with Gasteiger partial charge in [0.15, 0.2) is 0 Å². The smallest absolute Gasteiger partial charge is 0.235 e. The third-order valence-electron chi connectivity index (χ3n) is 2.34. The number of hydrogen-bond donors (Lipinski definition) is 0. The van der Waals surface area contributed by atoms with Crippen molar-refractivity contribution >= 4 is 17.7 Å². The van der Waals surface area contributed by atoms with Gasteiger partial charge in [-0.2, -0.15) is 0 Å². The topological polar surface area (TPSA) is 38.7 Å². The van der Waals surface area contributed by atoms with Crippen LogP contribution >= 0.6 is 11.6 Å². The molecule has 3 nitrogen and oxygen atoms in total. The summed E-state index contributed by atoms with van der Waals surface area (Å²) in [6.45, 7) is 2.03. The van der Waals surface area contributed by atoms with Crippen molar-refractivity contribution in [3.8, 4) is 0 Å². The minimum absolute atomic E-state index is 0.205. The Morgan fingerprint density at radius 3 is 2.73 bits per heavy atom. The molecule has 80 valence electrons. The lowest BCUT2D eigenvalue weighted by Gasteiger charge is -2.27. The molecule has 4 heteroatoms. The van der Waals surface area contributed by atoms with Gasteiger partial charge in [0.2, 0.25) is 6.08 Å². The molecule has 0 heterocycles. The van der Waals surface area contributed by atoms with E-state index in [-0.39, 0.29) is 6.54 Å². The third kappa shape index (κ3) is 2.66. The lowest BCUT2D eigenvalue weighted by molar-refractivity contribution is 0.0106. The van der Waals surface area contributed by atoms with Crippen LogP contribution in [-0.2, 0) is 15.1 Å². The summed E-state index contributed by atoms with van der Waals surface area (Å²) in [4.78, 5) is 13.6. The van der Waals surface area contributed by atoms with E-state index in [0.717, 1.165) is 5.56 Å². The molecule has 0 fully saturated rings. The van der Waals surface area contributed by atoms with Crippen LogP contribution in [0.4, 0.5) is 0 Å². The molecule has 0 aliphatic heterocycles. The Morgan fingerprint density at radius 2 is 2.20 bits per heavy atom. The van der Waals surface area contributed by atoms with Crippen molar-refractivity contribution in [1.82, 2.24) is 0 Å². The van der Waals surface area contributed by atoms with Gasteiger partial charge in [0.1, 0.15) is 5.60 Å². The summed E-state index contributed by atoms with van der Waals surface area (Å²) in [6, 6.07) is 7.33. The van der Waals surface area contributed by atoms with Gasteiger partial charge in [0.25, 0.3) is 0 Å².